The SMILES string of the molecule is CCCOc1nc2ccccc2nc1N1CCC[C@@H](C(=O)N2CCN(c3ccccc3)CC2)C1. The Morgan fingerprint density at radius 1 is 0.912 bits per heavy atom. The molecule has 0 saturated carbocycles. The molecule has 2 aliphatic rings. The van der Waals surface area contributed by atoms with Crippen LogP contribution in [0.25, 0.3) is 11.0 Å². The Bertz CT molecular complexity index is 1110. The Kier molecular flexibility index (Phi) is 6.79. The number of fused-ring (bicyclic) bond motifs is 1. The minimum absolute atomic E-state index is 0.0238. The highest BCUT2D eigenvalue weighted by molar-refractivity contribution is 5.81. The van der Waals surface area contributed by atoms with Crippen molar-refractivity contribution in [1.82, 2.24) is 14.9 Å². The van der Waals surface area contributed by atoms with Crippen LogP contribution in [0.4, 0.5) is 11.5 Å². The molecule has 0 N–H and O–H groups in total. The zero-order chi connectivity index (χ0) is 23.3. The van der Waals surface area contributed by atoms with Crippen LogP contribution < -0.4 is 14.5 Å². The number of hydrogen-bond acceptors (Lipinski definition) is 6. The summed E-state index contributed by atoms with van der Waals surface area (Å²) in [7, 11) is 0. The molecule has 1 atom stereocenters. The number of anilines is 2. The van der Waals surface area contributed by atoms with Crippen molar-refractivity contribution in [3.63, 3.8) is 0 Å². The van der Waals surface area contributed by atoms with Crippen molar-refractivity contribution in [2.75, 3.05) is 55.7 Å². The number of nitrogens with zero attached hydrogens (tertiary/aromatic N) is 5. The van der Waals surface area contributed by atoms with Crippen LogP contribution in [-0.2, 0) is 4.79 Å². The number of rotatable bonds is 6. The Labute approximate surface area is 201 Å². The third-order valence-electron chi connectivity index (χ3n) is 6.75. The lowest BCUT2D eigenvalue weighted by Gasteiger charge is -2.40. The maximum absolute atomic E-state index is 13.5. The van der Waals surface area contributed by atoms with Crippen molar-refractivity contribution in [1.29, 1.82) is 0 Å². The maximum Gasteiger partial charge on any atom is 0.258 e. The molecule has 0 spiro atoms. The number of hydrogen-bond donors (Lipinski definition) is 0. The predicted octanol–water partition coefficient (Wildman–Crippen LogP) is 3.98. The van der Waals surface area contributed by atoms with E-state index in [-0.39, 0.29) is 11.8 Å². The molecule has 0 radical (unpaired) electrons. The van der Waals surface area contributed by atoms with Crippen LogP contribution in [0.2, 0.25) is 0 Å². The van der Waals surface area contributed by atoms with Crippen LogP contribution in [0.5, 0.6) is 5.88 Å². The Morgan fingerprint density at radius 2 is 1.62 bits per heavy atom. The first-order valence-corrected chi connectivity index (χ1v) is 12.5. The summed E-state index contributed by atoms with van der Waals surface area (Å²) in [5, 5.41) is 0. The number of carbonyl (C=O) groups is 1. The molecular formula is C27H33N5O2. The number of carbonyl (C=O) groups excluding carboxylic acids is 1. The van der Waals surface area contributed by atoms with Gasteiger partial charge in [-0.1, -0.05) is 37.3 Å². The summed E-state index contributed by atoms with van der Waals surface area (Å²) in [4.78, 5) is 29.7. The molecule has 1 aromatic heterocycles. The van der Waals surface area contributed by atoms with E-state index >= 15 is 0 Å². The molecule has 2 aliphatic heterocycles. The molecule has 3 heterocycles. The topological polar surface area (TPSA) is 61.8 Å². The van der Waals surface area contributed by atoms with Gasteiger partial charge in [-0.3, -0.25) is 4.79 Å². The van der Waals surface area contributed by atoms with Gasteiger partial charge in [0.2, 0.25) is 5.91 Å². The van der Waals surface area contributed by atoms with Crippen molar-refractivity contribution in [2.24, 2.45) is 5.92 Å². The highest BCUT2D eigenvalue weighted by Crippen LogP contribution is 2.31. The van der Waals surface area contributed by atoms with Gasteiger partial charge in [-0.15, -0.1) is 0 Å². The van der Waals surface area contributed by atoms with Gasteiger partial charge in [0.05, 0.1) is 23.6 Å². The summed E-state index contributed by atoms with van der Waals surface area (Å²) in [5.74, 6) is 1.58. The summed E-state index contributed by atoms with van der Waals surface area (Å²) in [5.41, 5.74) is 2.91. The monoisotopic (exact) mass is 459 g/mol. The van der Waals surface area contributed by atoms with Crippen LogP contribution in [0.1, 0.15) is 26.2 Å². The van der Waals surface area contributed by atoms with Crippen molar-refractivity contribution in [2.45, 2.75) is 26.2 Å². The van der Waals surface area contributed by atoms with E-state index in [1.165, 1.54) is 5.69 Å². The molecule has 0 unspecified atom stereocenters. The second-order valence-corrected chi connectivity index (χ2v) is 9.12. The van der Waals surface area contributed by atoms with E-state index < -0.39 is 0 Å². The number of para-hydroxylation sites is 3. The summed E-state index contributed by atoms with van der Waals surface area (Å²) in [6.45, 7) is 7.49. The molecule has 7 nitrogen and oxygen atoms in total. The third-order valence-corrected chi connectivity index (χ3v) is 6.75. The van der Waals surface area contributed by atoms with E-state index in [0.29, 0.717) is 19.0 Å². The van der Waals surface area contributed by atoms with Gasteiger partial charge in [0.1, 0.15) is 0 Å². The fraction of sp³-hybridized carbons (Fsp3) is 0.444. The summed E-state index contributed by atoms with van der Waals surface area (Å²) < 4.78 is 6.00. The predicted molar refractivity (Wildman–Crippen MR) is 135 cm³/mol. The molecule has 2 aromatic carbocycles. The molecule has 0 bridgehead atoms. The minimum Gasteiger partial charge on any atom is -0.475 e. The summed E-state index contributed by atoms with van der Waals surface area (Å²) >= 11 is 0. The number of ether oxygens (including phenoxy) is 1. The van der Waals surface area contributed by atoms with E-state index in [0.717, 1.165) is 68.8 Å². The van der Waals surface area contributed by atoms with E-state index in [9.17, 15) is 4.79 Å². The van der Waals surface area contributed by atoms with Crippen LogP contribution in [0, 0.1) is 5.92 Å². The standard InChI is InChI=1S/C27H33N5O2/c1-2-19-34-26-25(28-23-12-6-7-13-24(23)29-26)32-14-8-9-21(20-32)27(33)31-17-15-30(16-18-31)22-10-4-3-5-11-22/h3-7,10-13,21H,2,8-9,14-20H2,1H3/t21-/m1/s1. The molecule has 34 heavy (non-hydrogen) atoms. The fourth-order valence-electron chi connectivity index (χ4n) is 4.93. The van der Waals surface area contributed by atoms with Gasteiger partial charge in [-0.25, -0.2) is 9.97 Å². The van der Waals surface area contributed by atoms with E-state index in [1.54, 1.807) is 0 Å². The molecule has 0 aliphatic carbocycles. The second kappa shape index (κ2) is 10.3. The van der Waals surface area contributed by atoms with Crippen LogP contribution in [-0.4, -0.2) is 66.7 Å². The first-order chi connectivity index (χ1) is 16.7. The van der Waals surface area contributed by atoms with Crippen LogP contribution in [0.15, 0.2) is 54.6 Å². The second-order valence-electron chi connectivity index (χ2n) is 9.12. The minimum atomic E-state index is -0.0238. The zero-order valence-corrected chi connectivity index (χ0v) is 19.9. The average molecular weight is 460 g/mol. The Morgan fingerprint density at radius 3 is 2.35 bits per heavy atom. The fourth-order valence-corrected chi connectivity index (χ4v) is 4.93. The first-order valence-electron chi connectivity index (χ1n) is 12.5. The number of benzene rings is 2. The maximum atomic E-state index is 13.5. The molecule has 2 fully saturated rings. The Hall–Kier alpha value is -3.35. The molecule has 3 aromatic rings. The van der Waals surface area contributed by atoms with E-state index in [2.05, 4.69) is 41.0 Å². The van der Waals surface area contributed by atoms with Gasteiger partial charge in [0, 0.05) is 45.0 Å². The third kappa shape index (κ3) is 4.79. The number of piperazine rings is 1. The molecule has 7 heteroatoms. The zero-order valence-electron chi connectivity index (χ0n) is 19.9. The van der Waals surface area contributed by atoms with Crippen LogP contribution >= 0.6 is 0 Å². The largest absolute Gasteiger partial charge is 0.475 e. The smallest absolute Gasteiger partial charge is 0.258 e. The van der Waals surface area contributed by atoms with Gasteiger partial charge in [-0.2, -0.15) is 0 Å². The quantitative estimate of drug-likeness (QED) is 0.556. The molecular weight excluding hydrogens is 426 g/mol. The Balaban J connectivity index is 1.28. The molecule has 1 amide bonds. The molecule has 5 rings (SSSR count). The van der Waals surface area contributed by atoms with Gasteiger partial charge < -0.3 is 19.4 Å². The number of amides is 1. The van der Waals surface area contributed by atoms with Gasteiger partial charge in [0.25, 0.3) is 5.88 Å². The van der Waals surface area contributed by atoms with Gasteiger partial charge in [-0.05, 0) is 43.5 Å². The lowest BCUT2D eigenvalue weighted by Crippen LogP contribution is -2.52. The summed E-state index contributed by atoms with van der Waals surface area (Å²) in [6, 6.07) is 18.3. The van der Waals surface area contributed by atoms with Crippen molar-refractivity contribution >= 4 is 28.4 Å². The molecule has 178 valence electrons. The molecule has 2 saturated heterocycles. The van der Waals surface area contributed by atoms with Crippen molar-refractivity contribution in [3.8, 4) is 5.88 Å². The number of piperidine rings is 1. The van der Waals surface area contributed by atoms with E-state index in [1.807, 2.05) is 35.2 Å². The van der Waals surface area contributed by atoms with Crippen LogP contribution in [0.3, 0.4) is 0 Å². The lowest BCUT2D eigenvalue weighted by atomic mass is 9.96. The highest BCUT2D eigenvalue weighted by atomic mass is 16.5. The number of aromatic nitrogens is 2. The van der Waals surface area contributed by atoms with Crippen molar-refractivity contribution < 1.29 is 9.53 Å². The average Bonchev–Trinajstić information content (AvgIpc) is 2.91. The lowest BCUT2D eigenvalue weighted by molar-refractivity contribution is -0.136. The summed E-state index contributed by atoms with van der Waals surface area (Å²) in [6.07, 6.45) is 2.78. The van der Waals surface area contributed by atoms with Gasteiger partial charge in [0.15, 0.2) is 5.82 Å². The van der Waals surface area contributed by atoms with Crippen molar-refractivity contribution in [3.05, 3.63) is 54.6 Å². The first kappa shape index (κ1) is 22.4. The highest BCUT2D eigenvalue weighted by Gasteiger charge is 2.33. The van der Waals surface area contributed by atoms with Gasteiger partial charge >= 0.3 is 0 Å². The van der Waals surface area contributed by atoms with E-state index in [4.69, 9.17) is 14.7 Å². The normalized spacial score (nSPS) is 18.9.